The van der Waals surface area contributed by atoms with Gasteiger partial charge in [0.2, 0.25) is 5.91 Å². The summed E-state index contributed by atoms with van der Waals surface area (Å²) < 4.78 is 37.6. The quantitative estimate of drug-likeness (QED) is 0.705. The highest BCUT2D eigenvalue weighted by Gasteiger charge is 2.56. The molecule has 5 rings (SSSR count). The van der Waals surface area contributed by atoms with Gasteiger partial charge in [-0.15, -0.1) is 0 Å². The van der Waals surface area contributed by atoms with Crippen LogP contribution in [0.3, 0.4) is 0 Å². The van der Waals surface area contributed by atoms with Crippen LogP contribution in [0.2, 0.25) is 0 Å². The molecule has 3 aliphatic heterocycles. The number of carbonyl (C=O) groups excluding carboxylic acids is 1. The van der Waals surface area contributed by atoms with E-state index < -0.39 is 12.1 Å². The lowest BCUT2D eigenvalue weighted by atomic mass is 9.76. The topological polar surface area (TPSA) is 70.1 Å². The van der Waals surface area contributed by atoms with Crippen LogP contribution < -0.4 is 0 Å². The van der Waals surface area contributed by atoms with Crippen molar-refractivity contribution in [3.63, 3.8) is 0 Å². The van der Waals surface area contributed by atoms with Gasteiger partial charge in [0.1, 0.15) is 0 Å². The van der Waals surface area contributed by atoms with Crippen molar-refractivity contribution in [1.29, 1.82) is 0 Å². The van der Waals surface area contributed by atoms with Crippen LogP contribution in [0.4, 0.5) is 13.2 Å². The molecule has 188 valence electrons. The molecule has 0 bridgehead atoms. The minimum Gasteiger partial charge on any atom is -0.475 e. The van der Waals surface area contributed by atoms with Gasteiger partial charge in [0.05, 0.1) is 11.5 Å². The van der Waals surface area contributed by atoms with Gasteiger partial charge < -0.3 is 14.7 Å². The van der Waals surface area contributed by atoms with Gasteiger partial charge in [-0.2, -0.15) is 13.2 Å². The van der Waals surface area contributed by atoms with Gasteiger partial charge in [0, 0.05) is 38.3 Å². The molecule has 1 aromatic carbocycles. The van der Waals surface area contributed by atoms with Gasteiger partial charge >= 0.3 is 12.1 Å². The molecule has 9 heteroatoms. The molecule has 1 aliphatic carbocycles. The summed E-state index contributed by atoms with van der Waals surface area (Å²) in [5.74, 6) is -2.37. The zero-order valence-corrected chi connectivity index (χ0v) is 19.6. The van der Waals surface area contributed by atoms with Crippen LogP contribution in [-0.4, -0.2) is 77.4 Å². The normalized spacial score (nSPS) is 28.1. The van der Waals surface area contributed by atoms with E-state index in [1.54, 1.807) is 0 Å². The van der Waals surface area contributed by atoms with Crippen LogP contribution in [0, 0.1) is 6.92 Å². The third kappa shape index (κ3) is 5.10. The largest absolute Gasteiger partial charge is 0.490 e. The molecule has 34 heavy (non-hydrogen) atoms. The smallest absolute Gasteiger partial charge is 0.475 e. The van der Waals surface area contributed by atoms with E-state index in [9.17, 15) is 18.0 Å². The monoisotopic (exact) mass is 482 g/mol. The molecule has 0 aromatic heterocycles. The maximum Gasteiger partial charge on any atom is 0.490 e. The van der Waals surface area contributed by atoms with Crippen molar-refractivity contribution >= 4 is 11.9 Å². The summed E-state index contributed by atoms with van der Waals surface area (Å²) in [6.45, 7) is 7.12. The summed E-state index contributed by atoms with van der Waals surface area (Å²) in [5.41, 5.74) is 2.49. The fourth-order valence-electron chi connectivity index (χ4n) is 5.58. The number of hydrogen-bond donors (Lipinski definition) is 1. The lowest BCUT2D eigenvalue weighted by molar-refractivity contribution is -0.192. The first-order valence-electron chi connectivity index (χ1n) is 12.1. The minimum atomic E-state index is -5.08. The van der Waals surface area contributed by atoms with Crippen LogP contribution in [-0.2, 0) is 19.7 Å². The molecule has 6 nitrogen and oxygen atoms in total. The fraction of sp³-hybridized carbons (Fsp3) is 0.680. The first-order valence-corrected chi connectivity index (χ1v) is 12.1. The molecule has 2 unspecified atom stereocenters. The second-order valence-electron chi connectivity index (χ2n) is 10.1. The average Bonchev–Trinajstić information content (AvgIpc) is 3.44. The Balaban J connectivity index is 0.000000344. The molecule has 3 saturated heterocycles. The van der Waals surface area contributed by atoms with Crippen LogP contribution in [0.1, 0.15) is 56.1 Å². The number of amides is 1. The van der Waals surface area contributed by atoms with Crippen molar-refractivity contribution < 1.29 is 32.6 Å². The minimum absolute atomic E-state index is 0.225. The maximum atomic E-state index is 13.5. The summed E-state index contributed by atoms with van der Waals surface area (Å²) in [7, 11) is 0. The predicted octanol–water partition coefficient (Wildman–Crippen LogP) is 3.91. The van der Waals surface area contributed by atoms with Crippen LogP contribution in [0.15, 0.2) is 24.3 Å². The number of alkyl halides is 3. The Kier molecular flexibility index (Phi) is 6.97. The number of carboxylic acid groups (broad SMARTS) is 1. The number of carbonyl (C=O) groups is 2. The van der Waals surface area contributed by atoms with E-state index in [-0.39, 0.29) is 11.0 Å². The Labute approximate surface area is 198 Å². The molecule has 4 fully saturated rings. The van der Waals surface area contributed by atoms with E-state index in [2.05, 4.69) is 41.0 Å². The third-order valence-corrected chi connectivity index (χ3v) is 7.81. The second-order valence-corrected chi connectivity index (χ2v) is 10.1. The highest BCUT2D eigenvalue weighted by molar-refractivity contribution is 5.91. The van der Waals surface area contributed by atoms with Gasteiger partial charge in [-0.3, -0.25) is 9.69 Å². The van der Waals surface area contributed by atoms with E-state index in [4.69, 9.17) is 14.6 Å². The summed E-state index contributed by atoms with van der Waals surface area (Å²) in [5, 5.41) is 7.12. The van der Waals surface area contributed by atoms with Crippen LogP contribution >= 0.6 is 0 Å². The van der Waals surface area contributed by atoms with Crippen molar-refractivity contribution in [2.75, 3.05) is 32.8 Å². The lowest BCUT2D eigenvalue weighted by Gasteiger charge is -2.58. The van der Waals surface area contributed by atoms with E-state index >= 15 is 0 Å². The Morgan fingerprint density at radius 2 is 1.76 bits per heavy atom. The SMILES string of the molecule is Cc1ccc(C2(C(=O)N3CCCC4(CCN4CC4CCCO4)C3)CC2)cc1.O=C(O)C(F)(F)F. The number of nitrogens with zero attached hydrogens (tertiary/aromatic N) is 2. The summed E-state index contributed by atoms with van der Waals surface area (Å²) in [6.07, 6.45) is 3.37. The zero-order chi connectivity index (χ0) is 24.6. The predicted molar refractivity (Wildman–Crippen MR) is 119 cm³/mol. The highest BCUT2D eigenvalue weighted by Crippen LogP contribution is 2.51. The van der Waals surface area contributed by atoms with Crippen LogP contribution in [0.5, 0.6) is 0 Å². The third-order valence-electron chi connectivity index (χ3n) is 7.81. The molecule has 1 amide bonds. The number of ether oxygens (including phenoxy) is 1. The number of benzene rings is 1. The molecule has 3 heterocycles. The number of halogens is 3. The van der Waals surface area contributed by atoms with Gasteiger partial charge in [0.15, 0.2) is 0 Å². The number of likely N-dealkylation sites (tertiary alicyclic amines) is 2. The van der Waals surface area contributed by atoms with Crippen molar-refractivity contribution in [1.82, 2.24) is 9.80 Å². The number of hydrogen-bond acceptors (Lipinski definition) is 4. The molecule has 2 atom stereocenters. The highest BCUT2D eigenvalue weighted by atomic mass is 19.4. The molecule has 4 aliphatic rings. The van der Waals surface area contributed by atoms with E-state index in [1.807, 2.05) is 0 Å². The molecular formula is C25H33F3N2O4. The Morgan fingerprint density at radius 3 is 2.26 bits per heavy atom. The number of rotatable bonds is 4. The molecule has 1 saturated carbocycles. The Morgan fingerprint density at radius 1 is 1.09 bits per heavy atom. The van der Waals surface area contributed by atoms with E-state index in [0.717, 1.165) is 45.5 Å². The second kappa shape index (κ2) is 9.49. The van der Waals surface area contributed by atoms with Crippen molar-refractivity contribution in [3.05, 3.63) is 35.4 Å². The maximum absolute atomic E-state index is 13.5. The van der Waals surface area contributed by atoms with Crippen molar-refractivity contribution in [2.24, 2.45) is 0 Å². The summed E-state index contributed by atoms with van der Waals surface area (Å²) >= 11 is 0. The first-order chi connectivity index (χ1) is 16.1. The molecular weight excluding hydrogens is 449 g/mol. The van der Waals surface area contributed by atoms with Gasteiger partial charge in [0.25, 0.3) is 0 Å². The molecule has 1 N–H and O–H groups in total. The fourth-order valence-corrected chi connectivity index (χ4v) is 5.58. The average molecular weight is 483 g/mol. The number of carboxylic acids is 1. The van der Waals surface area contributed by atoms with Gasteiger partial charge in [-0.25, -0.2) is 4.79 Å². The molecule has 0 radical (unpaired) electrons. The molecule has 1 spiro atoms. The number of aliphatic carboxylic acids is 1. The lowest BCUT2D eigenvalue weighted by Crippen LogP contribution is -2.68. The van der Waals surface area contributed by atoms with Crippen LogP contribution in [0.25, 0.3) is 0 Å². The van der Waals surface area contributed by atoms with E-state index in [0.29, 0.717) is 12.0 Å². The first kappa shape index (κ1) is 25.0. The molecule has 1 aromatic rings. The van der Waals surface area contributed by atoms with Crippen molar-refractivity contribution in [3.8, 4) is 0 Å². The standard InChI is InChI=1S/C23H32N2O2.C2HF3O2/c1-18-5-7-19(8-6-18)23(10-11-23)21(26)24-13-3-9-22(17-24)12-14-25(22)16-20-4-2-15-27-20;3-2(4,5)1(6)7/h5-8,20H,2-4,9-17H2,1H3;(H,6,7). The number of piperidine rings is 1. The Bertz CT molecular complexity index is 894. The van der Waals surface area contributed by atoms with Gasteiger partial charge in [-0.05, 0) is 57.4 Å². The van der Waals surface area contributed by atoms with Gasteiger partial charge in [-0.1, -0.05) is 29.8 Å². The summed E-state index contributed by atoms with van der Waals surface area (Å²) in [4.78, 5) is 27.3. The zero-order valence-electron chi connectivity index (χ0n) is 19.6. The van der Waals surface area contributed by atoms with Crippen molar-refractivity contribution in [2.45, 2.75) is 75.1 Å². The number of aryl methyl sites for hydroxylation is 1. The Hall–Kier alpha value is -2.13. The van der Waals surface area contributed by atoms with E-state index in [1.165, 1.54) is 43.4 Å². The summed E-state index contributed by atoms with van der Waals surface area (Å²) in [6, 6.07) is 8.64.